The molecule has 0 saturated carbocycles. The predicted octanol–water partition coefficient (Wildman–Crippen LogP) is 1.89. The normalized spacial score (nSPS) is 39.3. The lowest BCUT2D eigenvalue weighted by Gasteiger charge is -2.26. The van der Waals surface area contributed by atoms with Gasteiger partial charge in [-0.05, 0) is 12.5 Å². The monoisotopic (exact) mass is 206 g/mol. The van der Waals surface area contributed by atoms with Crippen molar-refractivity contribution >= 4 is 0 Å². The lowest BCUT2D eigenvalue weighted by molar-refractivity contribution is -0.226. The molecule has 0 aromatic heterocycles. The summed E-state index contributed by atoms with van der Waals surface area (Å²) in [5, 5.41) is 0. The fourth-order valence-corrected chi connectivity index (χ4v) is 2.23. The summed E-state index contributed by atoms with van der Waals surface area (Å²) < 4.78 is 17.2. The summed E-state index contributed by atoms with van der Waals surface area (Å²) in [4.78, 5) is 0. The third-order valence-corrected chi connectivity index (χ3v) is 2.89. The number of hydrogen-bond acceptors (Lipinski definition) is 3. The van der Waals surface area contributed by atoms with E-state index in [2.05, 4.69) is 12.1 Å². The molecule has 3 heteroatoms. The Morgan fingerprint density at radius 1 is 1.20 bits per heavy atom. The molecule has 3 nitrogen and oxygen atoms in total. The van der Waals surface area contributed by atoms with Crippen LogP contribution in [-0.2, 0) is 14.2 Å². The number of ether oxygens (including phenoxy) is 3. The molecule has 0 radical (unpaired) electrons. The number of rotatable bonds is 1. The first-order valence-corrected chi connectivity index (χ1v) is 5.25. The minimum absolute atomic E-state index is 0.0127. The van der Waals surface area contributed by atoms with Gasteiger partial charge in [-0.25, -0.2) is 0 Å². The van der Waals surface area contributed by atoms with Crippen molar-refractivity contribution < 1.29 is 14.2 Å². The third-order valence-electron chi connectivity index (χ3n) is 2.89. The summed E-state index contributed by atoms with van der Waals surface area (Å²) in [7, 11) is 0. The summed E-state index contributed by atoms with van der Waals surface area (Å²) >= 11 is 0. The van der Waals surface area contributed by atoms with E-state index in [-0.39, 0.29) is 12.2 Å². The zero-order valence-electron chi connectivity index (χ0n) is 8.68. The van der Waals surface area contributed by atoms with Gasteiger partial charge < -0.3 is 14.2 Å². The van der Waals surface area contributed by atoms with Gasteiger partial charge in [0.25, 0.3) is 0 Å². The molecule has 2 bridgehead atoms. The van der Waals surface area contributed by atoms with Gasteiger partial charge in [-0.1, -0.05) is 30.3 Å². The highest BCUT2D eigenvalue weighted by Gasteiger charge is 2.48. The summed E-state index contributed by atoms with van der Waals surface area (Å²) in [5.74, 6) is -0.552. The molecule has 2 aliphatic heterocycles. The Labute approximate surface area is 89.0 Å². The van der Waals surface area contributed by atoms with E-state index < -0.39 is 5.79 Å². The largest absolute Gasteiger partial charge is 0.373 e. The van der Waals surface area contributed by atoms with Gasteiger partial charge in [0.15, 0.2) is 5.79 Å². The Kier molecular flexibility index (Phi) is 2.06. The van der Waals surface area contributed by atoms with E-state index in [0.717, 1.165) is 5.56 Å². The van der Waals surface area contributed by atoms with Crippen LogP contribution in [0.1, 0.15) is 18.6 Å². The van der Waals surface area contributed by atoms with Crippen molar-refractivity contribution in [1.29, 1.82) is 0 Å². The molecule has 0 N–H and O–H groups in total. The second kappa shape index (κ2) is 3.30. The maximum atomic E-state index is 5.91. The molecule has 80 valence electrons. The third kappa shape index (κ3) is 1.57. The van der Waals surface area contributed by atoms with E-state index in [1.54, 1.807) is 0 Å². The molecule has 3 atom stereocenters. The average molecular weight is 206 g/mol. The molecule has 2 fully saturated rings. The number of benzene rings is 1. The van der Waals surface area contributed by atoms with Gasteiger partial charge in [0, 0.05) is 0 Å². The SMILES string of the molecule is C[C@@]12COC[C@@H](O1)[C@H](c1ccccc1)O2. The van der Waals surface area contributed by atoms with Crippen molar-refractivity contribution in [3.05, 3.63) is 35.9 Å². The Balaban J connectivity index is 1.90. The van der Waals surface area contributed by atoms with E-state index in [1.165, 1.54) is 0 Å². The fourth-order valence-electron chi connectivity index (χ4n) is 2.23. The second-order valence-corrected chi connectivity index (χ2v) is 4.25. The summed E-state index contributed by atoms with van der Waals surface area (Å²) in [6.07, 6.45) is 0.0462. The van der Waals surface area contributed by atoms with Gasteiger partial charge in [0.2, 0.25) is 0 Å². The van der Waals surface area contributed by atoms with Crippen LogP contribution in [0.25, 0.3) is 0 Å². The van der Waals surface area contributed by atoms with Gasteiger partial charge in [-0.15, -0.1) is 0 Å². The van der Waals surface area contributed by atoms with Crippen LogP contribution >= 0.6 is 0 Å². The van der Waals surface area contributed by atoms with Crippen LogP contribution in [0.5, 0.6) is 0 Å². The van der Waals surface area contributed by atoms with Gasteiger partial charge in [0.1, 0.15) is 18.8 Å². The minimum atomic E-state index is -0.552. The highest BCUT2D eigenvalue weighted by Crippen LogP contribution is 2.41. The zero-order valence-corrected chi connectivity index (χ0v) is 8.68. The molecule has 1 aromatic rings. The molecule has 3 rings (SSSR count). The molecule has 0 amide bonds. The van der Waals surface area contributed by atoms with Crippen molar-refractivity contribution in [2.75, 3.05) is 13.2 Å². The average Bonchev–Trinajstić information content (AvgIpc) is 2.50. The first-order chi connectivity index (χ1) is 7.27. The lowest BCUT2D eigenvalue weighted by atomic mass is 10.1. The van der Waals surface area contributed by atoms with Crippen LogP contribution in [0, 0.1) is 0 Å². The first kappa shape index (κ1) is 9.33. The number of fused-ring (bicyclic) bond motifs is 2. The molecule has 1 aromatic carbocycles. The van der Waals surface area contributed by atoms with E-state index >= 15 is 0 Å². The second-order valence-electron chi connectivity index (χ2n) is 4.25. The standard InChI is InChI=1S/C12H14O3/c1-12-8-13-7-10(14-12)11(15-12)9-5-3-2-4-6-9/h2-6,10-11H,7-8H2,1H3/t10-,11+,12-/m1/s1. The Morgan fingerprint density at radius 2 is 2.00 bits per heavy atom. The molecule has 15 heavy (non-hydrogen) atoms. The lowest BCUT2D eigenvalue weighted by Crippen LogP contribution is -2.38. The van der Waals surface area contributed by atoms with Gasteiger partial charge in [-0.2, -0.15) is 0 Å². The maximum absolute atomic E-state index is 5.91. The van der Waals surface area contributed by atoms with Crippen molar-refractivity contribution in [2.45, 2.75) is 24.9 Å². The van der Waals surface area contributed by atoms with Crippen molar-refractivity contribution in [1.82, 2.24) is 0 Å². The Hall–Kier alpha value is -0.900. The molecular weight excluding hydrogens is 192 g/mol. The van der Waals surface area contributed by atoms with E-state index in [4.69, 9.17) is 14.2 Å². The molecule has 0 unspecified atom stereocenters. The van der Waals surface area contributed by atoms with E-state index in [9.17, 15) is 0 Å². The smallest absolute Gasteiger partial charge is 0.190 e. The molecule has 0 aliphatic carbocycles. The van der Waals surface area contributed by atoms with E-state index in [0.29, 0.717) is 13.2 Å². The highest BCUT2D eigenvalue weighted by molar-refractivity contribution is 5.20. The summed E-state index contributed by atoms with van der Waals surface area (Å²) in [6, 6.07) is 10.2. The molecule has 0 spiro atoms. The van der Waals surface area contributed by atoms with Crippen LogP contribution in [0.15, 0.2) is 30.3 Å². The van der Waals surface area contributed by atoms with Gasteiger partial charge in [0.05, 0.1) is 6.61 Å². The molecule has 2 saturated heterocycles. The first-order valence-electron chi connectivity index (χ1n) is 5.25. The van der Waals surface area contributed by atoms with Crippen LogP contribution in [0.4, 0.5) is 0 Å². The van der Waals surface area contributed by atoms with Crippen molar-refractivity contribution in [2.24, 2.45) is 0 Å². The topological polar surface area (TPSA) is 27.7 Å². The fraction of sp³-hybridized carbons (Fsp3) is 0.500. The van der Waals surface area contributed by atoms with Crippen LogP contribution < -0.4 is 0 Å². The summed E-state index contributed by atoms with van der Waals surface area (Å²) in [6.45, 7) is 3.07. The minimum Gasteiger partial charge on any atom is -0.373 e. The van der Waals surface area contributed by atoms with Crippen LogP contribution in [0.2, 0.25) is 0 Å². The molecule has 2 aliphatic rings. The van der Waals surface area contributed by atoms with E-state index in [1.807, 2.05) is 25.1 Å². The van der Waals surface area contributed by atoms with Crippen molar-refractivity contribution in [3.63, 3.8) is 0 Å². The Bertz CT molecular complexity index is 351. The maximum Gasteiger partial charge on any atom is 0.190 e. The quantitative estimate of drug-likeness (QED) is 0.702. The summed E-state index contributed by atoms with van der Waals surface area (Å²) in [5.41, 5.74) is 1.16. The Morgan fingerprint density at radius 3 is 2.73 bits per heavy atom. The zero-order chi connectivity index (χ0) is 10.3. The van der Waals surface area contributed by atoms with Gasteiger partial charge in [-0.3, -0.25) is 0 Å². The molecule has 2 heterocycles. The van der Waals surface area contributed by atoms with Gasteiger partial charge >= 0.3 is 0 Å². The van der Waals surface area contributed by atoms with Crippen LogP contribution in [0.3, 0.4) is 0 Å². The molecular formula is C12H14O3. The number of hydrogen-bond donors (Lipinski definition) is 0. The highest BCUT2D eigenvalue weighted by atomic mass is 16.8. The predicted molar refractivity (Wildman–Crippen MR) is 54.4 cm³/mol. The van der Waals surface area contributed by atoms with Crippen LogP contribution in [-0.4, -0.2) is 25.1 Å². The van der Waals surface area contributed by atoms with Crippen molar-refractivity contribution in [3.8, 4) is 0 Å².